The van der Waals surface area contributed by atoms with Crippen molar-refractivity contribution in [3.8, 4) is 17.2 Å². The van der Waals surface area contributed by atoms with Gasteiger partial charge in [-0.2, -0.15) is 0 Å². The number of hydrogen-bond acceptors (Lipinski definition) is 4. The Morgan fingerprint density at radius 1 is 0.829 bits per heavy atom. The number of nitrogens with zero attached hydrogens (tertiary/aromatic N) is 1. The van der Waals surface area contributed by atoms with Crippen LogP contribution in [0.2, 0.25) is 0 Å². The Hall–Kier alpha value is -2.85. The lowest BCUT2D eigenvalue weighted by Crippen LogP contribution is -2.31. The van der Waals surface area contributed by atoms with E-state index in [-0.39, 0.29) is 23.9 Å². The van der Waals surface area contributed by atoms with Crippen LogP contribution in [0.3, 0.4) is 0 Å². The summed E-state index contributed by atoms with van der Waals surface area (Å²) in [6, 6.07) is 13.2. The van der Waals surface area contributed by atoms with Crippen LogP contribution in [-0.4, -0.2) is 19.8 Å². The molecule has 0 saturated heterocycles. The van der Waals surface area contributed by atoms with Gasteiger partial charge in [-0.15, -0.1) is 12.4 Å². The molecular weight excluding hydrogens is 458 g/mol. The highest BCUT2D eigenvalue weighted by molar-refractivity contribution is 5.85. The van der Waals surface area contributed by atoms with Crippen LogP contribution in [0.4, 0.5) is 5.69 Å². The average molecular weight is 494 g/mol. The summed E-state index contributed by atoms with van der Waals surface area (Å²) in [7, 11) is 3.39. The summed E-state index contributed by atoms with van der Waals surface area (Å²) in [6.07, 6.45) is 0. The molecule has 5 rings (SSSR count). The maximum atomic E-state index is 6.67. The molecule has 0 aliphatic carbocycles. The average Bonchev–Trinajstić information content (AvgIpc) is 3.34. The van der Waals surface area contributed by atoms with Crippen LogP contribution in [0, 0.1) is 27.7 Å². The van der Waals surface area contributed by atoms with Crippen molar-refractivity contribution in [2.24, 2.45) is 0 Å². The van der Waals surface area contributed by atoms with Gasteiger partial charge in [-0.3, -0.25) is 0 Å². The molecule has 0 N–H and O–H groups in total. The summed E-state index contributed by atoms with van der Waals surface area (Å²) in [5, 5.41) is 0. The van der Waals surface area contributed by atoms with Crippen LogP contribution in [0.1, 0.15) is 64.3 Å². The SMILES string of the molecule is COc1cc2c(cc1OC)CN(c1c(C)c(C)c3c(c1C)[C@@H](c1ccc(C)cc1)C(C)(C)O3)C2.Cl. The van der Waals surface area contributed by atoms with Crippen LogP contribution in [0.15, 0.2) is 36.4 Å². The molecule has 2 aliphatic heterocycles. The Balaban J connectivity index is 0.00000289. The minimum absolute atomic E-state index is 0. The third-order valence-electron chi connectivity index (χ3n) is 7.77. The standard InChI is InChI=1S/C30H35NO3.ClH/c1-17-9-11-21(12-10-17)27-26-20(4)28(18(2)19(3)29(26)34-30(27,5)6)31-15-22-13-24(32-7)25(33-8)14-23(22)16-31;/h9-14,27H,15-16H2,1-8H3;1H/t27-;/m1./s1. The van der Waals surface area contributed by atoms with Gasteiger partial charge in [0.2, 0.25) is 0 Å². The number of hydrogen-bond donors (Lipinski definition) is 0. The van der Waals surface area contributed by atoms with Crippen molar-refractivity contribution in [3.05, 3.63) is 80.9 Å². The quantitative estimate of drug-likeness (QED) is 0.385. The van der Waals surface area contributed by atoms with Gasteiger partial charge in [-0.05, 0) is 87.1 Å². The fourth-order valence-corrected chi connectivity index (χ4v) is 5.96. The third-order valence-corrected chi connectivity index (χ3v) is 7.77. The number of ether oxygens (including phenoxy) is 3. The number of anilines is 1. The molecule has 0 aromatic heterocycles. The highest BCUT2D eigenvalue weighted by atomic mass is 35.5. The van der Waals surface area contributed by atoms with Crippen LogP contribution < -0.4 is 19.1 Å². The van der Waals surface area contributed by atoms with Gasteiger partial charge in [0, 0.05) is 24.3 Å². The molecule has 0 radical (unpaired) electrons. The molecule has 0 saturated carbocycles. The second-order valence-electron chi connectivity index (χ2n) is 10.3. The number of fused-ring (bicyclic) bond motifs is 2. The smallest absolute Gasteiger partial charge is 0.161 e. The molecule has 186 valence electrons. The van der Waals surface area contributed by atoms with Crippen molar-refractivity contribution in [1.29, 1.82) is 0 Å². The molecule has 5 heteroatoms. The first-order valence-corrected chi connectivity index (χ1v) is 12.0. The Bertz CT molecular complexity index is 1250. The van der Waals surface area contributed by atoms with E-state index < -0.39 is 0 Å². The van der Waals surface area contributed by atoms with Crippen molar-refractivity contribution in [2.75, 3.05) is 19.1 Å². The largest absolute Gasteiger partial charge is 0.493 e. The lowest BCUT2D eigenvalue weighted by atomic mass is 9.78. The first kappa shape index (κ1) is 25.2. The highest BCUT2D eigenvalue weighted by Gasteiger charge is 2.45. The molecule has 1 atom stereocenters. The van der Waals surface area contributed by atoms with E-state index in [4.69, 9.17) is 14.2 Å². The fraction of sp³-hybridized carbons (Fsp3) is 0.400. The van der Waals surface area contributed by atoms with Crippen molar-refractivity contribution in [3.63, 3.8) is 0 Å². The van der Waals surface area contributed by atoms with Crippen molar-refractivity contribution >= 4 is 18.1 Å². The lowest BCUT2D eigenvalue weighted by Gasteiger charge is -2.28. The van der Waals surface area contributed by atoms with Gasteiger partial charge >= 0.3 is 0 Å². The second-order valence-corrected chi connectivity index (χ2v) is 10.3. The number of aryl methyl sites for hydroxylation is 1. The number of benzene rings is 3. The van der Waals surface area contributed by atoms with Crippen LogP contribution in [0.25, 0.3) is 0 Å². The molecule has 0 fully saturated rings. The number of halogens is 1. The molecule has 0 unspecified atom stereocenters. The van der Waals surface area contributed by atoms with Crippen LogP contribution in [0.5, 0.6) is 17.2 Å². The summed E-state index contributed by atoms with van der Waals surface area (Å²) in [5.74, 6) is 2.83. The zero-order valence-electron chi connectivity index (χ0n) is 22.0. The number of rotatable bonds is 4. The second kappa shape index (κ2) is 8.98. The van der Waals surface area contributed by atoms with E-state index >= 15 is 0 Å². The first-order chi connectivity index (χ1) is 16.2. The minimum atomic E-state index is -0.313. The van der Waals surface area contributed by atoms with Crippen LogP contribution in [-0.2, 0) is 13.1 Å². The van der Waals surface area contributed by atoms with Crippen molar-refractivity contribution in [1.82, 2.24) is 0 Å². The van der Waals surface area contributed by atoms with Gasteiger partial charge < -0.3 is 19.1 Å². The van der Waals surface area contributed by atoms with E-state index in [1.807, 2.05) is 0 Å². The maximum Gasteiger partial charge on any atom is 0.161 e. The van der Waals surface area contributed by atoms with Crippen LogP contribution >= 0.6 is 12.4 Å². The van der Waals surface area contributed by atoms with Gasteiger partial charge in [-0.25, -0.2) is 0 Å². The Morgan fingerprint density at radius 3 is 1.89 bits per heavy atom. The van der Waals surface area contributed by atoms with Gasteiger partial charge in [-0.1, -0.05) is 29.8 Å². The monoisotopic (exact) mass is 493 g/mol. The van der Waals surface area contributed by atoms with E-state index in [0.29, 0.717) is 0 Å². The Labute approximate surface area is 215 Å². The molecule has 2 heterocycles. The first-order valence-electron chi connectivity index (χ1n) is 12.0. The van der Waals surface area contributed by atoms with Gasteiger partial charge in [0.1, 0.15) is 11.4 Å². The third kappa shape index (κ3) is 3.92. The zero-order chi connectivity index (χ0) is 24.4. The molecular formula is C30H36ClNO3. The predicted molar refractivity (Wildman–Crippen MR) is 145 cm³/mol. The topological polar surface area (TPSA) is 30.9 Å². The highest BCUT2D eigenvalue weighted by Crippen LogP contribution is 2.54. The van der Waals surface area contributed by atoms with E-state index in [0.717, 1.165) is 30.3 Å². The molecule has 3 aromatic rings. The number of methoxy groups -OCH3 is 2. The summed E-state index contributed by atoms with van der Waals surface area (Å²) < 4.78 is 17.8. The normalized spacial score (nSPS) is 17.4. The predicted octanol–water partition coefficient (Wildman–Crippen LogP) is 7.18. The minimum Gasteiger partial charge on any atom is -0.493 e. The Morgan fingerprint density at radius 2 is 1.37 bits per heavy atom. The zero-order valence-corrected chi connectivity index (χ0v) is 22.9. The fourth-order valence-electron chi connectivity index (χ4n) is 5.96. The molecule has 0 spiro atoms. The molecule has 3 aromatic carbocycles. The summed E-state index contributed by atoms with van der Waals surface area (Å²) >= 11 is 0. The van der Waals surface area contributed by atoms with Gasteiger partial charge in [0.25, 0.3) is 0 Å². The summed E-state index contributed by atoms with van der Waals surface area (Å²) in [4.78, 5) is 2.50. The lowest BCUT2D eigenvalue weighted by molar-refractivity contribution is 0.121. The molecule has 0 amide bonds. The van der Waals surface area contributed by atoms with Crippen molar-refractivity contribution in [2.45, 2.75) is 66.2 Å². The molecule has 4 nitrogen and oxygen atoms in total. The van der Waals surface area contributed by atoms with E-state index in [2.05, 4.69) is 82.8 Å². The van der Waals surface area contributed by atoms with Gasteiger partial charge in [0.05, 0.1) is 20.1 Å². The Kier molecular flexibility index (Phi) is 6.48. The van der Waals surface area contributed by atoms with E-state index in [9.17, 15) is 0 Å². The molecule has 35 heavy (non-hydrogen) atoms. The van der Waals surface area contributed by atoms with Gasteiger partial charge in [0.15, 0.2) is 11.5 Å². The van der Waals surface area contributed by atoms with Crippen molar-refractivity contribution < 1.29 is 14.2 Å². The van der Waals surface area contributed by atoms with E-state index in [1.54, 1.807) is 14.2 Å². The summed E-state index contributed by atoms with van der Waals surface area (Å²) in [5.41, 5.74) is 11.4. The molecule has 0 bridgehead atoms. The summed E-state index contributed by atoms with van der Waals surface area (Å²) in [6.45, 7) is 15.0. The maximum absolute atomic E-state index is 6.67. The van der Waals surface area contributed by atoms with E-state index in [1.165, 1.54) is 50.2 Å². The molecule has 2 aliphatic rings.